The Kier molecular flexibility index (Phi) is 6.65. The van der Waals surface area contributed by atoms with Crippen molar-refractivity contribution in [2.45, 2.75) is 59.1 Å². The smallest absolute Gasteiger partial charge is 0.410 e. The van der Waals surface area contributed by atoms with Crippen molar-refractivity contribution in [2.75, 3.05) is 19.6 Å². The number of halogens is 1. The number of para-hydroxylation sites is 1. The SMILES string of the molecule is CC(C)N(CC1CCCN(C(=O)c2[nH]c3ccccc3c2Cl)C1)C(=O)OC(C)(C)C. The van der Waals surface area contributed by atoms with Gasteiger partial charge < -0.3 is 19.5 Å². The minimum absolute atomic E-state index is 0.0223. The van der Waals surface area contributed by atoms with E-state index in [0.29, 0.717) is 30.4 Å². The zero-order valence-corrected chi connectivity index (χ0v) is 19.3. The number of H-pyrrole nitrogens is 1. The third kappa shape index (κ3) is 5.09. The predicted octanol–water partition coefficient (Wildman–Crippen LogP) is 5.32. The van der Waals surface area contributed by atoms with Crippen LogP contribution in [0.1, 0.15) is 57.9 Å². The summed E-state index contributed by atoms with van der Waals surface area (Å²) in [7, 11) is 0. The maximum atomic E-state index is 13.2. The summed E-state index contributed by atoms with van der Waals surface area (Å²) in [5, 5.41) is 1.32. The van der Waals surface area contributed by atoms with E-state index in [1.165, 1.54) is 0 Å². The fraction of sp³-hybridized carbons (Fsp3) is 0.565. The molecule has 6 nitrogen and oxygen atoms in total. The number of carbonyl (C=O) groups excluding carboxylic acids is 2. The van der Waals surface area contributed by atoms with E-state index < -0.39 is 5.60 Å². The number of nitrogens with one attached hydrogen (secondary N) is 1. The molecule has 3 rings (SSSR count). The Morgan fingerprint density at radius 3 is 2.63 bits per heavy atom. The number of piperidine rings is 1. The van der Waals surface area contributed by atoms with Gasteiger partial charge in [-0.15, -0.1) is 0 Å². The van der Waals surface area contributed by atoms with Gasteiger partial charge >= 0.3 is 6.09 Å². The first-order chi connectivity index (χ1) is 14.1. The molecule has 164 valence electrons. The fourth-order valence-corrected chi connectivity index (χ4v) is 4.20. The summed E-state index contributed by atoms with van der Waals surface area (Å²) in [4.78, 5) is 32.6. The molecule has 1 unspecified atom stereocenters. The molecular weight excluding hydrogens is 402 g/mol. The molecular formula is C23H32ClN3O3. The van der Waals surface area contributed by atoms with Crippen molar-refractivity contribution in [3.05, 3.63) is 35.0 Å². The van der Waals surface area contributed by atoms with Crippen LogP contribution in [0, 0.1) is 5.92 Å². The third-order valence-corrected chi connectivity index (χ3v) is 5.76. The van der Waals surface area contributed by atoms with Crippen LogP contribution in [0.15, 0.2) is 24.3 Å². The molecule has 0 spiro atoms. The number of hydrogen-bond acceptors (Lipinski definition) is 3. The van der Waals surface area contributed by atoms with Gasteiger partial charge in [0.25, 0.3) is 5.91 Å². The van der Waals surface area contributed by atoms with Gasteiger partial charge in [-0.2, -0.15) is 0 Å². The van der Waals surface area contributed by atoms with E-state index in [1.807, 2.05) is 63.8 Å². The lowest BCUT2D eigenvalue weighted by atomic mass is 9.96. The van der Waals surface area contributed by atoms with E-state index in [4.69, 9.17) is 16.3 Å². The minimum Gasteiger partial charge on any atom is -0.444 e. The minimum atomic E-state index is -0.537. The molecule has 30 heavy (non-hydrogen) atoms. The molecule has 2 aromatic rings. The lowest BCUT2D eigenvalue weighted by molar-refractivity contribution is 0.0123. The van der Waals surface area contributed by atoms with Gasteiger partial charge in [-0.05, 0) is 59.4 Å². The Balaban J connectivity index is 1.71. The molecule has 1 aliphatic rings. The number of fused-ring (bicyclic) bond motifs is 1. The van der Waals surface area contributed by atoms with Gasteiger partial charge in [0.1, 0.15) is 11.3 Å². The first-order valence-electron chi connectivity index (χ1n) is 10.6. The zero-order valence-electron chi connectivity index (χ0n) is 18.5. The number of likely N-dealkylation sites (tertiary alicyclic amines) is 1. The number of aromatic nitrogens is 1. The lowest BCUT2D eigenvalue weighted by Gasteiger charge is -2.37. The molecule has 1 N–H and O–H groups in total. The summed E-state index contributed by atoms with van der Waals surface area (Å²) >= 11 is 6.49. The molecule has 1 aromatic carbocycles. The Morgan fingerprint density at radius 1 is 1.30 bits per heavy atom. The number of ether oxygens (including phenoxy) is 1. The van der Waals surface area contributed by atoms with E-state index in [9.17, 15) is 9.59 Å². The topological polar surface area (TPSA) is 65.6 Å². The number of benzene rings is 1. The highest BCUT2D eigenvalue weighted by Crippen LogP contribution is 2.29. The van der Waals surface area contributed by atoms with Crippen LogP contribution in [0.25, 0.3) is 10.9 Å². The summed E-state index contributed by atoms with van der Waals surface area (Å²) in [6.45, 7) is 11.4. The van der Waals surface area contributed by atoms with Crippen LogP contribution in [0.3, 0.4) is 0 Å². The van der Waals surface area contributed by atoms with E-state index in [2.05, 4.69) is 4.98 Å². The zero-order chi connectivity index (χ0) is 22.1. The molecule has 0 bridgehead atoms. The van der Waals surface area contributed by atoms with E-state index in [1.54, 1.807) is 4.90 Å². The van der Waals surface area contributed by atoms with Gasteiger partial charge in [0, 0.05) is 36.6 Å². The highest BCUT2D eigenvalue weighted by atomic mass is 35.5. The third-order valence-electron chi connectivity index (χ3n) is 5.37. The van der Waals surface area contributed by atoms with Gasteiger partial charge in [0.05, 0.1) is 5.02 Å². The molecule has 1 atom stereocenters. The van der Waals surface area contributed by atoms with E-state index in [-0.39, 0.29) is 24.0 Å². The van der Waals surface area contributed by atoms with Crippen molar-refractivity contribution in [1.82, 2.24) is 14.8 Å². The Morgan fingerprint density at radius 2 is 2.00 bits per heavy atom. The summed E-state index contributed by atoms with van der Waals surface area (Å²) in [6.07, 6.45) is 1.56. The van der Waals surface area contributed by atoms with Gasteiger partial charge in [-0.25, -0.2) is 4.79 Å². The Hall–Kier alpha value is -2.21. The monoisotopic (exact) mass is 433 g/mol. The Labute approximate surface area is 183 Å². The van der Waals surface area contributed by atoms with Crippen LogP contribution in [0.2, 0.25) is 5.02 Å². The van der Waals surface area contributed by atoms with Crippen LogP contribution in [-0.2, 0) is 4.74 Å². The largest absolute Gasteiger partial charge is 0.444 e. The van der Waals surface area contributed by atoms with E-state index in [0.717, 1.165) is 23.7 Å². The first-order valence-corrected chi connectivity index (χ1v) is 11.0. The normalized spacial score (nSPS) is 17.4. The van der Waals surface area contributed by atoms with E-state index >= 15 is 0 Å². The second-order valence-corrected chi connectivity index (χ2v) is 9.72. The molecule has 2 amide bonds. The van der Waals surface area contributed by atoms with Gasteiger partial charge in [-0.3, -0.25) is 4.79 Å². The maximum Gasteiger partial charge on any atom is 0.410 e. The molecule has 0 saturated carbocycles. The average Bonchev–Trinajstić information content (AvgIpc) is 3.01. The molecule has 0 aliphatic carbocycles. The molecule has 2 heterocycles. The molecule has 1 saturated heterocycles. The summed E-state index contributed by atoms with van der Waals surface area (Å²) in [5.74, 6) is 0.107. The van der Waals surface area contributed by atoms with Gasteiger partial charge in [0.2, 0.25) is 0 Å². The van der Waals surface area contributed by atoms with Crippen molar-refractivity contribution in [3.63, 3.8) is 0 Å². The van der Waals surface area contributed by atoms with Crippen molar-refractivity contribution >= 4 is 34.5 Å². The fourth-order valence-electron chi connectivity index (χ4n) is 3.91. The average molecular weight is 434 g/mol. The van der Waals surface area contributed by atoms with Crippen LogP contribution >= 0.6 is 11.6 Å². The number of aromatic amines is 1. The molecule has 1 aliphatic heterocycles. The standard InChI is InChI=1S/C23H32ClN3O3/c1-15(2)27(22(29)30-23(3,4)5)14-16-9-8-12-26(13-16)21(28)20-19(24)17-10-6-7-11-18(17)25-20/h6-7,10-11,15-16,25H,8-9,12-14H2,1-5H3. The van der Waals surface area contributed by atoms with Crippen LogP contribution in [0.5, 0.6) is 0 Å². The number of amides is 2. The van der Waals surface area contributed by atoms with Crippen molar-refractivity contribution in [3.8, 4) is 0 Å². The molecule has 0 radical (unpaired) electrons. The van der Waals surface area contributed by atoms with Crippen molar-refractivity contribution in [1.29, 1.82) is 0 Å². The highest BCUT2D eigenvalue weighted by Gasteiger charge is 2.31. The second kappa shape index (κ2) is 8.88. The van der Waals surface area contributed by atoms with Crippen LogP contribution in [-0.4, -0.2) is 58.1 Å². The molecule has 1 fully saturated rings. The summed E-state index contributed by atoms with van der Waals surface area (Å²) in [6, 6.07) is 7.67. The molecule has 1 aromatic heterocycles. The predicted molar refractivity (Wildman–Crippen MR) is 120 cm³/mol. The summed E-state index contributed by atoms with van der Waals surface area (Å²) < 4.78 is 5.58. The van der Waals surface area contributed by atoms with Crippen LogP contribution in [0.4, 0.5) is 4.79 Å². The molecule has 7 heteroatoms. The van der Waals surface area contributed by atoms with Gasteiger partial charge in [-0.1, -0.05) is 29.8 Å². The maximum absolute atomic E-state index is 13.2. The first kappa shape index (κ1) is 22.5. The lowest BCUT2D eigenvalue weighted by Crippen LogP contribution is -2.48. The quantitative estimate of drug-likeness (QED) is 0.709. The number of rotatable bonds is 4. The number of carbonyl (C=O) groups is 2. The van der Waals surface area contributed by atoms with Crippen molar-refractivity contribution < 1.29 is 14.3 Å². The number of nitrogens with zero attached hydrogens (tertiary/aromatic N) is 2. The van der Waals surface area contributed by atoms with Crippen LogP contribution < -0.4 is 0 Å². The Bertz CT molecular complexity index is 916. The number of hydrogen-bond donors (Lipinski definition) is 1. The van der Waals surface area contributed by atoms with Gasteiger partial charge in [0.15, 0.2) is 0 Å². The highest BCUT2D eigenvalue weighted by molar-refractivity contribution is 6.38. The van der Waals surface area contributed by atoms with Crippen molar-refractivity contribution in [2.24, 2.45) is 5.92 Å². The second-order valence-electron chi connectivity index (χ2n) is 9.35. The summed E-state index contributed by atoms with van der Waals surface area (Å²) in [5.41, 5.74) is 0.757.